The van der Waals surface area contributed by atoms with E-state index in [0.29, 0.717) is 13.2 Å². The normalized spacial score (nSPS) is 13.6. The van der Waals surface area contributed by atoms with Crippen LogP contribution in [0.4, 0.5) is 4.79 Å². The van der Waals surface area contributed by atoms with Gasteiger partial charge in [-0.05, 0) is 6.08 Å². The highest BCUT2D eigenvalue weighted by Gasteiger charge is 2.06. The summed E-state index contributed by atoms with van der Waals surface area (Å²) in [5.41, 5.74) is 0. The molecular formula is C13H23N2O4+. The van der Waals surface area contributed by atoms with Crippen LogP contribution in [0.3, 0.4) is 0 Å². The van der Waals surface area contributed by atoms with Gasteiger partial charge >= 0.3 is 12.1 Å². The molecule has 0 aromatic rings. The Bertz CT molecular complexity index is 356. The largest absolute Gasteiger partial charge is 0.465 e. The zero-order chi connectivity index (χ0) is 14.9. The number of amides is 1. The van der Waals surface area contributed by atoms with Crippen LogP contribution < -0.4 is 0 Å². The molecule has 6 nitrogen and oxygen atoms in total. The van der Waals surface area contributed by atoms with Gasteiger partial charge in [-0.3, -0.25) is 9.69 Å². The maximum absolute atomic E-state index is 10.3. The monoisotopic (exact) mass is 271 g/mol. The number of esters is 1. The minimum Gasteiger partial charge on any atom is -0.465 e. The molecule has 108 valence electrons. The highest BCUT2D eigenvalue weighted by Crippen LogP contribution is 1.97. The van der Waals surface area contributed by atoms with Gasteiger partial charge < -0.3 is 14.3 Å². The molecular weight excluding hydrogens is 248 g/mol. The van der Waals surface area contributed by atoms with E-state index in [4.69, 9.17) is 9.84 Å². The third kappa shape index (κ3) is 11.0. The Kier molecular flexibility index (Phi) is 7.52. The van der Waals surface area contributed by atoms with E-state index in [2.05, 4.69) is 21.1 Å². The van der Waals surface area contributed by atoms with Crippen molar-refractivity contribution in [2.45, 2.75) is 6.92 Å². The third-order valence-electron chi connectivity index (χ3n) is 2.13. The average molecular weight is 271 g/mol. The summed E-state index contributed by atoms with van der Waals surface area (Å²) in [5.74, 6) is -0.201. The molecule has 0 fully saturated rings. The van der Waals surface area contributed by atoms with Gasteiger partial charge in [-0.25, -0.2) is 4.79 Å². The molecule has 1 N–H and O–H groups in total. The Morgan fingerprint density at radius 1 is 1.32 bits per heavy atom. The van der Waals surface area contributed by atoms with Gasteiger partial charge in [0.1, 0.15) is 13.2 Å². The van der Waals surface area contributed by atoms with Gasteiger partial charge in [-0.15, -0.1) is 0 Å². The molecule has 0 aromatic carbocycles. The molecule has 19 heavy (non-hydrogen) atoms. The van der Waals surface area contributed by atoms with Crippen LogP contribution in [0.2, 0.25) is 0 Å². The summed E-state index contributed by atoms with van der Waals surface area (Å²) in [6.45, 7) is 3.26. The Hall–Kier alpha value is -1.82. The number of allylic oxidation sites excluding steroid dienone is 2. The number of rotatable bonds is 3. The van der Waals surface area contributed by atoms with Crippen molar-refractivity contribution in [1.82, 2.24) is 4.90 Å². The fourth-order valence-corrected chi connectivity index (χ4v) is 1.07. The molecule has 0 bridgehead atoms. The van der Waals surface area contributed by atoms with E-state index < -0.39 is 6.09 Å². The number of hydrogen-bond acceptors (Lipinski definition) is 3. The average Bonchev–Trinajstić information content (AvgIpc) is 2.28. The van der Waals surface area contributed by atoms with Gasteiger partial charge in [0.25, 0.3) is 0 Å². The fourth-order valence-electron chi connectivity index (χ4n) is 1.07. The molecule has 1 amide bonds. The summed E-state index contributed by atoms with van der Waals surface area (Å²) in [5, 5.41) is 8.38. The summed E-state index contributed by atoms with van der Waals surface area (Å²) in [4.78, 5) is 21.7. The maximum Gasteiger partial charge on any atom is 0.411 e. The van der Waals surface area contributed by atoms with Gasteiger partial charge in [-0.2, -0.15) is 0 Å². The molecule has 1 heterocycles. The summed E-state index contributed by atoms with van der Waals surface area (Å²) < 4.78 is 5.59. The first-order valence-electron chi connectivity index (χ1n) is 5.99. The first-order chi connectivity index (χ1) is 8.72. The van der Waals surface area contributed by atoms with Crippen LogP contribution in [0.15, 0.2) is 24.4 Å². The molecule has 0 atom stereocenters. The lowest BCUT2D eigenvalue weighted by Gasteiger charge is -2.23. The Morgan fingerprint density at radius 3 is 2.26 bits per heavy atom. The van der Waals surface area contributed by atoms with E-state index in [0.717, 1.165) is 11.0 Å². The molecule has 1 aliphatic rings. The van der Waals surface area contributed by atoms with Gasteiger partial charge in [0, 0.05) is 19.7 Å². The second kappa shape index (κ2) is 8.31. The molecule has 0 saturated heterocycles. The van der Waals surface area contributed by atoms with Crippen LogP contribution in [0, 0.1) is 0 Å². The number of ether oxygens (including phenoxy) is 1. The Labute approximate surface area is 114 Å². The van der Waals surface area contributed by atoms with Crippen molar-refractivity contribution in [3.05, 3.63) is 24.4 Å². The topological polar surface area (TPSA) is 66.8 Å². The van der Waals surface area contributed by atoms with Crippen LogP contribution in [-0.2, 0) is 9.53 Å². The van der Waals surface area contributed by atoms with E-state index in [9.17, 15) is 9.59 Å². The highest BCUT2D eigenvalue weighted by molar-refractivity contribution is 5.67. The number of carbonyl (C=O) groups is 2. The zero-order valence-electron chi connectivity index (χ0n) is 12.0. The van der Waals surface area contributed by atoms with E-state index in [-0.39, 0.29) is 5.97 Å². The highest BCUT2D eigenvalue weighted by atomic mass is 16.5. The quantitative estimate of drug-likeness (QED) is 0.621. The fraction of sp³-hybridized carbons (Fsp3) is 0.538. The van der Waals surface area contributed by atoms with Crippen molar-refractivity contribution in [1.29, 1.82) is 0 Å². The molecule has 0 radical (unpaired) electrons. The first-order valence-corrected chi connectivity index (χ1v) is 5.99. The number of hydrogen-bond donors (Lipinski definition) is 1. The lowest BCUT2D eigenvalue weighted by molar-refractivity contribution is -0.870. The van der Waals surface area contributed by atoms with Crippen molar-refractivity contribution in [3.63, 3.8) is 0 Å². The summed E-state index contributed by atoms with van der Waals surface area (Å²) in [6, 6.07) is 0. The van der Waals surface area contributed by atoms with E-state index in [1.54, 1.807) is 12.2 Å². The van der Waals surface area contributed by atoms with Crippen LogP contribution >= 0.6 is 0 Å². The maximum atomic E-state index is 10.3. The molecule has 0 aromatic heterocycles. The predicted octanol–water partition coefficient (Wildman–Crippen LogP) is 1.31. The molecule has 0 aliphatic carbocycles. The molecule has 1 aliphatic heterocycles. The van der Waals surface area contributed by atoms with Crippen molar-refractivity contribution in [3.8, 4) is 0 Å². The smallest absolute Gasteiger partial charge is 0.411 e. The second-order valence-electron chi connectivity index (χ2n) is 5.06. The molecule has 0 spiro atoms. The van der Waals surface area contributed by atoms with Crippen molar-refractivity contribution in [2.75, 3.05) is 40.8 Å². The van der Waals surface area contributed by atoms with Crippen LogP contribution in [0.1, 0.15) is 6.92 Å². The SMILES string of the molecule is CC(=O)OCC[N+](C)(C)C.O=C(O)N1C=CC=CC1. The van der Waals surface area contributed by atoms with Gasteiger partial charge in [0.15, 0.2) is 0 Å². The summed E-state index contributed by atoms with van der Waals surface area (Å²) in [7, 11) is 6.18. The van der Waals surface area contributed by atoms with Crippen LogP contribution in [-0.4, -0.2) is 67.4 Å². The standard InChI is InChI=1S/C7H16NO2.C6H7NO2/c1-7(9)10-6-5-8(2,3)4;8-6(9)7-4-2-1-3-5-7/h5-6H2,1-4H3;1-4H,5H2,(H,8,9)/q+1;. The number of carboxylic acid groups (broad SMARTS) is 1. The van der Waals surface area contributed by atoms with Crippen molar-refractivity contribution < 1.29 is 23.9 Å². The van der Waals surface area contributed by atoms with E-state index >= 15 is 0 Å². The zero-order valence-corrected chi connectivity index (χ0v) is 12.0. The second-order valence-corrected chi connectivity index (χ2v) is 5.06. The lowest BCUT2D eigenvalue weighted by atomic mass is 10.4. The minimum absolute atomic E-state index is 0.201. The molecule has 6 heteroatoms. The molecule has 0 saturated carbocycles. The van der Waals surface area contributed by atoms with E-state index in [1.165, 1.54) is 18.0 Å². The predicted molar refractivity (Wildman–Crippen MR) is 72.5 cm³/mol. The lowest BCUT2D eigenvalue weighted by Crippen LogP contribution is -2.37. The number of likely N-dealkylation sites (N-methyl/N-ethyl adjacent to an activating group) is 1. The number of nitrogens with zero attached hydrogens (tertiary/aromatic N) is 2. The van der Waals surface area contributed by atoms with Crippen molar-refractivity contribution in [2.24, 2.45) is 0 Å². The van der Waals surface area contributed by atoms with Crippen LogP contribution in [0.5, 0.6) is 0 Å². The number of quaternary nitrogens is 1. The molecule has 1 rings (SSSR count). The van der Waals surface area contributed by atoms with Crippen molar-refractivity contribution >= 4 is 12.1 Å². The summed E-state index contributed by atoms with van der Waals surface area (Å²) in [6.07, 6.45) is 5.92. The number of carbonyl (C=O) groups excluding carboxylic acids is 1. The minimum atomic E-state index is -0.907. The Balaban J connectivity index is 0.000000342. The van der Waals surface area contributed by atoms with E-state index in [1.807, 2.05) is 6.08 Å². The van der Waals surface area contributed by atoms with Gasteiger partial charge in [0.2, 0.25) is 0 Å². The van der Waals surface area contributed by atoms with Gasteiger partial charge in [-0.1, -0.05) is 12.2 Å². The Morgan fingerprint density at radius 2 is 1.95 bits per heavy atom. The third-order valence-corrected chi connectivity index (χ3v) is 2.13. The molecule has 0 unspecified atom stereocenters. The first kappa shape index (κ1) is 17.2. The summed E-state index contributed by atoms with van der Waals surface area (Å²) >= 11 is 0. The van der Waals surface area contributed by atoms with Gasteiger partial charge in [0.05, 0.1) is 21.1 Å². The van der Waals surface area contributed by atoms with Crippen LogP contribution in [0.25, 0.3) is 0 Å².